The van der Waals surface area contributed by atoms with Gasteiger partial charge in [-0.05, 0) is 0 Å². The Morgan fingerprint density at radius 3 is 2.29 bits per heavy atom. The minimum Gasteiger partial charge on any atom is -0.322 e. The fourth-order valence-electron chi connectivity index (χ4n) is 0.134. The van der Waals surface area contributed by atoms with Crippen LogP contribution in [0.15, 0.2) is 0 Å². The summed E-state index contributed by atoms with van der Waals surface area (Å²) in [4.78, 5) is 0. The average Bonchev–Trinajstić information content (AvgIpc) is 1.61. The first-order valence-electron chi connectivity index (χ1n) is 1.73. The summed E-state index contributed by atoms with van der Waals surface area (Å²) in [7, 11) is 0. The molecule has 0 aromatic carbocycles. The van der Waals surface area contributed by atoms with Crippen molar-refractivity contribution in [1.29, 1.82) is 0 Å². The second-order valence-electron chi connectivity index (χ2n) is 0.820. The van der Waals surface area contributed by atoms with E-state index in [1.165, 1.54) is 0 Å². The van der Waals surface area contributed by atoms with E-state index < -0.39 is 6.61 Å². The minimum atomic E-state index is -2.60. The molecule has 4 heteroatoms. The van der Waals surface area contributed by atoms with Crippen LogP contribution in [0.2, 0.25) is 0 Å². The Morgan fingerprint density at radius 1 is 1.57 bits per heavy atom. The lowest BCUT2D eigenvalue weighted by Crippen LogP contribution is -2.00. The molecule has 0 aliphatic rings. The number of hydrogen-bond donors (Lipinski definition) is 0. The predicted octanol–water partition coefficient (Wildman–Crippen LogP) is 1.66. The normalized spacial score (nSPS) is 10.3. The van der Waals surface area contributed by atoms with Crippen molar-refractivity contribution in [2.24, 2.45) is 0 Å². The first kappa shape index (κ1) is 7.55. The summed E-state index contributed by atoms with van der Waals surface area (Å²) in [6, 6.07) is 0. The van der Waals surface area contributed by atoms with Crippen LogP contribution in [0.1, 0.15) is 0 Å². The van der Waals surface area contributed by atoms with Crippen LogP contribution in [0.4, 0.5) is 8.78 Å². The highest BCUT2D eigenvalue weighted by molar-refractivity contribution is 14.1. The second-order valence-corrected chi connectivity index (χ2v) is 1.90. The zero-order valence-corrected chi connectivity index (χ0v) is 5.69. The van der Waals surface area contributed by atoms with Crippen LogP contribution < -0.4 is 0 Å². The third-order valence-electron chi connectivity index (χ3n) is 0.321. The van der Waals surface area contributed by atoms with E-state index >= 15 is 0 Å². The number of rotatable bonds is 3. The molecular weight excluding hydrogens is 217 g/mol. The molecule has 0 atom stereocenters. The molecule has 0 bridgehead atoms. The molecule has 0 saturated heterocycles. The number of alkyl halides is 3. The Kier molecular flexibility index (Phi) is 5.07. The molecule has 44 valence electrons. The van der Waals surface area contributed by atoms with E-state index in [2.05, 4.69) is 4.74 Å². The van der Waals surface area contributed by atoms with Gasteiger partial charge >= 0.3 is 6.61 Å². The van der Waals surface area contributed by atoms with Crippen molar-refractivity contribution in [2.45, 2.75) is 6.61 Å². The monoisotopic (exact) mass is 222 g/mol. The maximum atomic E-state index is 11.0. The van der Waals surface area contributed by atoms with Gasteiger partial charge in [0, 0.05) is 4.43 Å². The number of halogens is 3. The van der Waals surface area contributed by atoms with Gasteiger partial charge in [-0.25, -0.2) is 0 Å². The van der Waals surface area contributed by atoms with Gasteiger partial charge in [0.15, 0.2) is 0 Å². The van der Waals surface area contributed by atoms with Crippen molar-refractivity contribution in [3.63, 3.8) is 0 Å². The van der Waals surface area contributed by atoms with Crippen molar-refractivity contribution in [1.82, 2.24) is 0 Å². The summed E-state index contributed by atoms with van der Waals surface area (Å²) in [5.74, 6) is 0. The Morgan fingerprint density at radius 2 is 2.14 bits per heavy atom. The summed E-state index contributed by atoms with van der Waals surface area (Å²) in [5, 5.41) is 0. The Bertz CT molecular complexity index is 41.9. The molecule has 1 nitrogen and oxygen atoms in total. The van der Waals surface area contributed by atoms with Crippen LogP contribution in [0.25, 0.3) is 0 Å². The maximum absolute atomic E-state index is 11.0. The summed E-state index contributed by atoms with van der Waals surface area (Å²) >= 11 is 1.96. The van der Waals surface area contributed by atoms with Crippen LogP contribution in [0.5, 0.6) is 0 Å². The quantitative estimate of drug-likeness (QED) is 0.521. The van der Waals surface area contributed by atoms with Crippen molar-refractivity contribution in [3.05, 3.63) is 0 Å². The molecule has 0 aliphatic carbocycles. The highest BCUT2D eigenvalue weighted by Gasteiger charge is 1.97. The maximum Gasteiger partial charge on any atom is 0.345 e. The zero-order chi connectivity index (χ0) is 5.70. The van der Waals surface area contributed by atoms with Crippen LogP contribution in [-0.4, -0.2) is 17.6 Å². The Balaban J connectivity index is 2.68. The first-order chi connectivity index (χ1) is 3.27. The third-order valence-corrected chi connectivity index (χ3v) is 0.761. The fraction of sp³-hybridized carbons (Fsp3) is 1.00. The zero-order valence-electron chi connectivity index (χ0n) is 3.53. The molecule has 0 saturated carbocycles. The number of ether oxygens (including phenoxy) is 1. The summed E-state index contributed by atoms with van der Waals surface area (Å²) in [5.41, 5.74) is 0. The highest BCUT2D eigenvalue weighted by Crippen LogP contribution is 1.94. The van der Waals surface area contributed by atoms with Crippen molar-refractivity contribution in [3.8, 4) is 0 Å². The lowest BCUT2D eigenvalue weighted by Gasteiger charge is -1.95. The minimum absolute atomic E-state index is 0.137. The van der Waals surface area contributed by atoms with Gasteiger partial charge in [0.05, 0.1) is 6.61 Å². The van der Waals surface area contributed by atoms with Gasteiger partial charge in [-0.1, -0.05) is 22.6 Å². The molecule has 0 heterocycles. The van der Waals surface area contributed by atoms with Crippen LogP contribution in [0.3, 0.4) is 0 Å². The molecule has 0 amide bonds. The molecule has 0 rings (SSSR count). The Hall–Kier alpha value is 0.550. The van der Waals surface area contributed by atoms with Gasteiger partial charge in [-0.3, -0.25) is 0 Å². The van der Waals surface area contributed by atoms with E-state index in [4.69, 9.17) is 0 Å². The molecule has 0 N–H and O–H groups in total. The highest BCUT2D eigenvalue weighted by atomic mass is 127. The van der Waals surface area contributed by atoms with Crippen molar-refractivity contribution in [2.75, 3.05) is 11.0 Å². The van der Waals surface area contributed by atoms with Crippen molar-refractivity contribution >= 4 is 22.6 Å². The molecule has 0 radical (unpaired) electrons. The second kappa shape index (κ2) is 4.70. The van der Waals surface area contributed by atoms with Crippen LogP contribution in [-0.2, 0) is 4.74 Å². The predicted molar refractivity (Wildman–Crippen MR) is 30.8 cm³/mol. The van der Waals surface area contributed by atoms with Gasteiger partial charge < -0.3 is 4.74 Å². The van der Waals surface area contributed by atoms with Gasteiger partial charge in [-0.15, -0.1) is 0 Å². The molecule has 7 heavy (non-hydrogen) atoms. The van der Waals surface area contributed by atoms with E-state index in [-0.39, 0.29) is 6.61 Å². The molecule has 0 unspecified atom stereocenters. The van der Waals surface area contributed by atoms with E-state index in [0.29, 0.717) is 4.43 Å². The molecule has 0 spiro atoms. The Labute approximate surface area is 54.2 Å². The van der Waals surface area contributed by atoms with E-state index in [1.54, 1.807) is 0 Å². The van der Waals surface area contributed by atoms with E-state index in [9.17, 15) is 8.78 Å². The van der Waals surface area contributed by atoms with Gasteiger partial charge in [0.2, 0.25) is 0 Å². The van der Waals surface area contributed by atoms with E-state index in [0.717, 1.165) is 0 Å². The largest absolute Gasteiger partial charge is 0.345 e. The molecular formula is C3H5F2IO. The average molecular weight is 222 g/mol. The van der Waals surface area contributed by atoms with Crippen LogP contribution in [0, 0.1) is 0 Å². The summed E-state index contributed by atoms with van der Waals surface area (Å²) in [6.45, 7) is -2.46. The van der Waals surface area contributed by atoms with E-state index in [1.807, 2.05) is 22.6 Å². The first-order valence-corrected chi connectivity index (χ1v) is 3.25. The molecule has 0 fully saturated rings. The lowest BCUT2D eigenvalue weighted by atomic mass is 10.9. The standard InChI is InChI=1S/C3H5F2IO/c4-3(5)7-2-1-6/h3H,1-2H2. The van der Waals surface area contributed by atoms with Crippen LogP contribution >= 0.6 is 22.6 Å². The third kappa shape index (κ3) is 6.55. The van der Waals surface area contributed by atoms with Gasteiger partial charge in [0.1, 0.15) is 0 Å². The molecule has 0 aromatic heterocycles. The van der Waals surface area contributed by atoms with Crippen molar-refractivity contribution < 1.29 is 13.5 Å². The topological polar surface area (TPSA) is 9.23 Å². The molecule has 0 aromatic rings. The lowest BCUT2D eigenvalue weighted by molar-refractivity contribution is -0.123. The fourth-order valence-corrected chi connectivity index (χ4v) is 0.388. The van der Waals surface area contributed by atoms with Gasteiger partial charge in [0.25, 0.3) is 0 Å². The number of hydrogen-bond acceptors (Lipinski definition) is 1. The summed E-state index contributed by atoms with van der Waals surface area (Å²) < 4.78 is 26.5. The summed E-state index contributed by atoms with van der Waals surface area (Å²) in [6.07, 6.45) is 0. The van der Waals surface area contributed by atoms with Gasteiger partial charge in [-0.2, -0.15) is 8.78 Å². The smallest absolute Gasteiger partial charge is 0.322 e. The SMILES string of the molecule is FC(F)OCCI. The molecule has 0 aliphatic heterocycles.